The van der Waals surface area contributed by atoms with Crippen LogP contribution in [0.5, 0.6) is 0 Å². The molecule has 0 amide bonds. The molecular weight excluding hydrogens is 260 g/mol. The van der Waals surface area contributed by atoms with Gasteiger partial charge >= 0.3 is 0 Å². The van der Waals surface area contributed by atoms with Crippen LogP contribution in [0.3, 0.4) is 0 Å². The van der Waals surface area contributed by atoms with Crippen LogP contribution >= 0.6 is 11.3 Å². The molecule has 0 bridgehead atoms. The van der Waals surface area contributed by atoms with E-state index in [9.17, 15) is 0 Å². The Labute approximate surface area is 116 Å². The van der Waals surface area contributed by atoms with E-state index in [1.807, 2.05) is 0 Å². The van der Waals surface area contributed by atoms with Crippen molar-refractivity contribution in [3.8, 4) is 0 Å². The Morgan fingerprint density at radius 3 is 2.89 bits per heavy atom. The zero-order valence-corrected chi connectivity index (χ0v) is 11.4. The Bertz CT molecular complexity index is 511. The number of hydrogen-bond donors (Lipinski definition) is 1. The fourth-order valence-corrected chi connectivity index (χ4v) is 2.64. The number of rotatable bonds is 4. The molecule has 1 N–H and O–H groups in total. The van der Waals surface area contributed by atoms with Crippen LogP contribution in [-0.2, 0) is 11.3 Å². The van der Waals surface area contributed by atoms with Gasteiger partial charge in [-0.1, -0.05) is 29.5 Å². The minimum Gasteiger partial charge on any atom is -0.378 e. The number of anilines is 2. The molecule has 0 atom stereocenters. The highest BCUT2D eigenvalue weighted by molar-refractivity contribution is 7.13. The Hall–Kier alpha value is -1.66. The van der Waals surface area contributed by atoms with Crippen LogP contribution in [0.25, 0.3) is 0 Å². The third-order valence-corrected chi connectivity index (χ3v) is 3.78. The lowest BCUT2D eigenvalue weighted by Gasteiger charge is -2.30. The molecule has 1 aliphatic rings. The third-order valence-electron chi connectivity index (χ3n) is 3.13. The topological polar surface area (TPSA) is 50.3 Å². The van der Waals surface area contributed by atoms with E-state index in [2.05, 4.69) is 44.7 Å². The van der Waals surface area contributed by atoms with E-state index in [0.717, 1.165) is 38.0 Å². The van der Waals surface area contributed by atoms with Gasteiger partial charge in [0.15, 0.2) is 0 Å². The van der Waals surface area contributed by atoms with Crippen molar-refractivity contribution in [2.45, 2.75) is 6.54 Å². The van der Waals surface area contributed by atoms with Crippen LogP contribution in [0.2, 0.25) is 0 Å². The SMILES string of the molecule is c1ccc(N2CCOCC2)c(CNc2nncs2)c1. The molecule has 1 aliphatic heterocycles. The second-order valence-electron chi connectivity index (χ2n) is 4.33. The summed E-state index contributed by atoms with van der Waals surface area (Å²) in [5.41, 5.74) is 4.29. The molecule has 2 aromatic rings. The molecule has 0 aliphatic carbocycles. The second kappa shape index (κ2) is 5.99. The summed E-state index contributed by atoms with van der Waals surface area (Å²) in [7, 11) is 0. The van der Waals surface area contributed by atoms with E-state index < -0.39 is 0 Å². The monoisotopic (exact) mass is 276 g/mol. The fraction of sp³-hybridized carbons (Fsp3) is 0.385. The maximum absolute atomic E-state index is 5.41. The highest BCUT2D eigenvalue weighted by Crippen LogP contribution is 2.22. The predicted octanol–water partition coefficient (Wildman–Crippen LogP) is 1.99. The largest absolute Gasteiger partial charge is 0.378 e. The summed E-state index contributed by atoms with van der Waals surface area (Å²) in [6.45, 7) is 4.28. The van der Waals surface area contributed by atoms with Gasteiger partial charge in [0.25, 0.3) is 0 Å². The molecule has 2 heterocycles. The van der Waals surface area contributed by atoms with Crippen molar-refractivity contribution >= 4 is 22.2 Å². The molecule has 1 aromatic carbocycles. The normalized spacial score (nSPS) is 15.5. The van der Waals surface area contributed by atoms with Gasteiger partial charge in [0, 0.05) is 25.3 Å². The van der Waals surface area contributed by atoms with Gasteiger partial charge < -0.3 is 15.0 Å². The summed E-state index contributed by atoms with van der Waals surface area (Å²) in [5, 5.41) is 12.0. The summed E-state index contributed by atoms with van der Waals surface area (Å²) >= 11 is 1.52. The van der Waals surface area contributed by atoms with Crippen LogP contribution < -0.4 is 10.2 Å². The molecular formula is C13H16N4OS. The lowest BCUT2D eigenvalue weighted by Crippen LogP contribution is -2.36. The van der Waals surface area contributed by atoms with Gasteiger partial charge in [0.2, 0.25) is 5.13 Å². The van der Waals surface area contributed by atoms with Gasteiger partial charge in [0.1, 0.15) is 5.51 Å². The number of para-hydroxylation sites is 1. The highest BCUT2D eigenvalue weighted by atomic mass is 32.1. The Kier molecular flexibility index (Phi) is 3.90. The molecule has 100 valence electrons. The van der Waals surface area contributed by atoms with Crippen LogP contribution in [0.1, 0.15) is 5.56 Å². The van der Waals surface area contributed by atoms with Crippen LogP contribution in [0.15, 0.2) is 29.8 Å². The number of aromatic nitrogens is 2. The van der Waals surface area contributed by atoms with E-state index in [4.69, 9.17) is 4.74 Å². The minimum absolute atomic E-state index is 0.767. The molecule has 1 aromatic heterocycles. The minimum atomic E-state index is 0.767. The number of morpholine rings is 1. The molecule has 1 saturated heterocycles. The fourth-order valence-electron chi connectivity index (χ4n) is 2.19. The number of ether oxygens (including phenoxy) is 1. The van der Waals surface area contributed by atoms with E-state index in [-0.39, 0.29) is 0 Å². The first-order valence-electron chi connectivity index (χ1n) is 6.34. The molecule has 0 spiro atoms. The first-order valence-corrected chi connectivity index (χ1v) is 7.22. The van der Waals surface area contributed by atoms with Crippen LogP contribution in [0, 0.1) is 0 Å². The third kappa shape index (κ3) is 3.02. The van der Waals surface area contributed by atoms with Crippen molar-refractivity contribution in [3.63, 3.8) is 0 Å². The molecule has 0 unspecified atom stereocenters. The molecule has 5 nitrogen and oxygen atoms in total. The Morgan fingerprint density at radius 1 is 1.26 bits per heavy atom. The lowest BCUT2D eigenvalue weighted by atomic mass is 10.1. The van der Waals surface area contributed by atoms with Crippen molar-refractivity contribution in [1.82, 2.24) is 10.2 Å². The second-order valence-corrected chi connectivity index (χ2v) is 5.16. The van der Waals surface area contributed by atoms with Crippen molar-refractivity contribution < 1.29 is 4.74 Å². The number of nitrogens with one attached hydrogen (secondary N) is 1. The molecule has 3 rings (SSSR count). The Morgan fingerprint density at radius 2 is 2.11 bits per heavy atom. The highest BCUT2D eigenvalue weighted by Gasteiger charge is 2.14. The first-order chi connectivity index (χ1) is 9.43. The predicted molar refractivity (Wildman–Crippen MR) is 76.7 cm³/mol. The van der Waals surface area contributed by atoms with Gasteiger partial charge in [-0.3, -0.25) is 0 Å². The van der Waals surface area contributed by atoms with Crippen molar-refractivity contribution in [2.24, 2.45) is 0 Å². The van der Waals surface area contributed by atoms with E-state index >= 15 is 0 Å². The number of benzene rings is 1. The van der Waals surface area contributed by atoms with Gasteiger partial charge in [-0.2, -0.15) is 0 Å². The van der Waals surface area contributed by atoms with Gasteiger partial charge in [-0.25, -0.2) is 0 Å². The van der Waals surface area contributed by atoms with Gasteiger partial charge in [0.05, 0.1) is 13.2 Å². The average molecular weight is 276 g/mol. The van der Waals surface area contributed by atoms with Crippen LogP contribution in [-0.4, -0.2) is 36.5 Å². The standard InChI is InChI=1S/C13H16N4OS/c1-2-4-12(17-5-7-18-8-6-17)11(3-1)9-14-13-16-15-10-19-13/h1-4,10H,5-9H2,(H,14,16). The number of hydrogen-bond acceptors (Lipinski definition) is 6. The van der Waals surface area contributed by atoms with E-state index in [1.165, 1.54) is 22.6 Å². The van der Waals surface area contributed by atoms with E-state index in [0.29, 0.717) is 0 Å². The summed E-state index contributed by atoms with van der Waals surface area (Å²) in [4.78, 5) is 2.38. The summed E-state index contributed by atoms with van der Waals surface area (Å²) < 4.78 is 5.41. The maximum atomic E-state index is 5.41. The zero-order valence-electron chi connectivity index (χ0n) is 10.6. The summed E-state index contributed by atoms with van der Waals surface area (Å²) in [6.07, 6.45) is 0. The maximum Gasteiger partial charge on any atom is 0.205 e. The van der Waals surface area contributed by atoms with Gasteiger partial charge in [-0.05, 0) is 11.6 Å². The smallest absolute Gasteiger partial charge is 0.205 e. The first kappa shape index (κ1) is 12.4. The quantitative estimate of drug-likeness (QED) is 0.925. The molecule has 6 heteroatoms. The Balaban J connectivity index is 1.73. The zero-order chi connectivity index (χ0) is 12.9. The van der Waals surface area contributed by atoms with Crippen LogP contribution in [0.4, 0.5) is 10.8 Å². The van der Waals surface area contributed by atoms with Crippen molar-refractivity contribution in [2.75, 3.05) is 36.5 Å². The lowest BCUT2D eigenvalue weighted by molar-refractivity contribution is 0.122. The molecule has 19 heavy (non-hydrogen) atoms. The van der Waals surface area contributed by atoms with Crippen molar-refractivity contribution in [1.29, 1.82) is 0 Å². The molecule has 0 radical (unpaired) electrons. The number of nitrogens with zero attached hydrogens (tertiary/aromatic N) is 3. The summed E-state index contributed by atoms with van der Waals surface area (Å²) in [5.74, 6) is 0. The summed E-state index contributed by atoms with van der Waals surface area (Å²) in [6, 6.07) is 8.47. The van der Waals surface area contributed by atoms with Gasteiger partial charge in [-0.15, -0.1) is 10.2 Å². The van der Waals surface area contributed by atoms with Crippen molar-refractivity contribution in [3.05, 3.63) is 35.3 Å². The average Bonchev–Trinajstić information content (AvgIpc) is 3.00. The molecule has 1 fully saturated rings. The molecule has 0 saturated carbocycles. The van der Waals surface area contributed by atoms with E-state index in [1.54, 1.807) is 5.51 Å².